The monoisotopic (exact) mass is 199 g/mol. The summed E-state index contributed by atoms with van der Waals surface area (Å²) in [7, 11) is 0. The van der Waals surface area contributed by atoms with Crippen molar-refractivity contribution in [2.45, 2.75) is 19.8 Å². The van der Waals surface area contributed by atoms with Crippen LogP contribution in [-0.2, 0) is 25.0 Å². The molecule has 1 aromatic carbocycles. The fourth-order valence-electron chi connectivity index (χ4n) is 1.07. The zero-order valence-electron chi connectivity index (χ0n) is 7.88. The van der Waals surface area contributed by atoms with Gasteiger partial charge in [0.25, 0.3) is 0 Å². The molecule has 1 rings (SSSR count). The first-order valence-electron chi connectivity index (χ1n) is 3.74. The van der Waals surface area contributed by atoms with E-state index in [0.29, 0.717) is 0 Å². The minimum absolute atomic E-state index is 0. The first-order valence-corrected chi connectivity index (χ1v) is 3.74. The van der Waals surface area contributed by atoms with Crippen molar-refractivity contribution < 1.29 is 18.6 Å². The Hall–Kier alpha value is -0.326. The van der Waals surface area contributed by atoms with E-state index < -0.39 is 0 Å². The molecule has 0 unspecified atom stereocenters. The molecule has 0 aliphatic rings. The molecule has 0 aliphatic heterocycles. The van der Waals surface area contributed by atoms with Gasteiger partial charge in [0.1, 0.15) is 0 Å². The van der Waals surface area contributed by atoms with Crippen LogP contribution < -0.4 is 0 Å². The summed E-state index contributed by atoms with van der Waals surface area (Å²) in [5, 5.41) is 0. The number of hydrogen-bond acceptors (Lipinski definition) is 0. The van der Waals surface area contributed by atoms with Crippen LogP contribution in [0.25, 0.3) is 0 Å². The van der Waals surface area contributed by atoms with Gasteiger partial charge < -0.3 is 7.43 Å². The molecule has 0 amide bonds. The summed E-state index contributed by atoms with van der Waals surface area (Å²) in [5.41, 5.74) is 2.51. The van der Waals surface area contributed by atoms with Gasteiger partial charge in [0.15, 0.2) is 0 Å². The molecule has 0 spiro atoms. The Balaban J connectivity index is 0. The first-order chi connectivity index (χ1) is 4.83. The van der Waals surface area contributed by atoms with Crippen LogP contribution in [0, 0.1) is 14.4 Å². The molecule has 12 heavy (non-hydrogen) atoms. The maximum Gasteiger partial charge on any atom is 2.00 e. The molecule has 0 N–H and O–H groups in total. The Morgan fingerprint density at radius 1 is 1.33 bits per heavy atom. The van der Waals surface area contributed by atoms with Gasteiger partial charge in [-0.1, -0.05) is 19.4 Å². The van der Waals surface area contributed by atoms with E-state index in [4.69, 9.17) is 0 Å². The van der Waals surface area contributed by atoms with Crippen molar-refractivity contribution in [1.82, 2.24) is 0 Å². The van der Waals surface area contributed by atoms with Gasteiger partial charge >= 0.3 is 18.6 Å². The molecule has 0 saturated heterocycles. The Bertz CT molecular complexity index is 206. The summed E-state index contributed by atoms with van der Waals surface area (Å²) in [4.78, 5) is 0. The molecule has 0 heterocycles. The number of hydrogen-bond donors (Lipinski definition) is 0. The van der Waals surface area contributed by atoms with E-state index in [0.717, 1.165) is 5.56 Å². The number of rotatable bonds is 2. The Labute approximate surface area is 88.3 Å². The van der Waals surface area contributed by atoms with Gasteiger partial charge in [0.05, 0.1) is 0 Å². The molecule has 0 aromatic heterocycles. The largest absolute Gasteiger partial charge is 2.00 e. The van der Waals surface area contributed by atoms with Crippen molar-refractivity contribution in [3.8, 4) is 0 Å². The van der Waals surface area contributed by atoms with Crippen molar-refractivity contribution >= 4 is 0 Å². The second kappa shape index (κ2) is 7.33. The average molecular weight is 199 g/mol. The molecule has 65 valence electrons. The Morgan fingerprint density at radius 2 is 2.00 bits per heavy atom. The van der Waals surface area contributed by atoms with Gasteiger partial charge in [-0.2, -0.15) is 24.6 Å². The van der Waals surface area contributed by atoms with Crippen LogP contribution in [0.4, 0.5) is 0 Å². The fraction of sp³-hybridized carbons (Fsp3) is 0.273. The average Bonchev–Trinajstić information content (AvgIpc) is 1.88. The van der Waals surface area contributed by atoms with Gasteiger partial charge in [-0.3, -0.25) is 0 Å². The first kappa shape index (κ1) is 14.2. The molecule has 0 saturated carbocycles. The second-order valence-corrected chi connectivity index (χ2v) is 2.57. The molecular weight excluding hydrogens is 183 g/mol. The normalized spacial score (nSPS) is 8.08. The minimum Gasteiger partial charge on any atom is -0.358 e. The summed E-state index contributed by atoms with van der Waals surface area (Å²) in [6.07, 6.45) is 2.38. The van der Waals surface area contributed by atoms with Gasteiger partial charge in [-0.25, -0.2) is 0 Å². The van der Waals surface area contributed by atoms with E-state index in [-0.39, 0.29) is 26.0 Å². The van der Waals surface area contributed by atoms with Gasteiger partial charge in [-0.05, 0) is 6.42 Å². The molecule has 1 aromatic rings. The van der Waals surface area contributed by atoms with Crippen LogP contribution in [0.5, 0.6) is 0 Å². The quantitative estimate of drug-likeness (QED) is 0.641. The predicted molar refractivity (Wildman–Crippen MR) is 51.3 cm³/mol. The third-order valence-electron chi connectivity index (χ3n) is 1.53. The fourth-order valence-corrected chi connectivity index (χ4v) is 1.07. The molecule has 1 heteroatoms. The zero-order valence-corrected chi connectivity index (χ0v) is 9.27. The van der Waals surface area contributed by atoms with Gasteiger partial charge in [-0.15, -0.1) is 11.6 Å². The minimum atomic E-state index is 0. The van der Waals surface area contributed by atoms with Crippen molar-refractivity contribution in [2.75, 3.05) is 0 Å². The van der Waals surface area contributed by atoms with E-state index in [2.05, 4.69) is 32.0 Å². The van der Waals surface area contributed by atoms with E-state index in [1.54, 1.807) is 0 Å². The Kier molecular flexibility index (Phi) is 8.68. The maximum atomic E-state index is 3.86. The van der Waals surface area contributed by atoms with Gasteiger partial charge in [0.2, 0.25) is 0 Å². The summed E-state index contributed by atoms with van der Waals surface area (Å²) >= 11 is 0. The van der Waals surface area contributed by atoms with Crippen LogP contribution in [0.3, 0.4) is 0 Å². The number of benzene rings is 1. The van der Waals surface area contributed by atoms with Crippen molar-refractivity contribution in [2.24, 2.45) is 0 Å². The zero-order chi connectivity index (χ0) is 7.40. The molecule has 0 nitrogen and oxygen atoms in total. The molecular formula is C11H16V. The SMILES string of the molecule is [CH2-]c1cccc(CCC)c1.[CH3-].[V+2]. The summed E-state index contributed by atoms with van der Waals surface area (Å²) in [6, 6.07) is 8.38. The van der Waals surface area contributed by atoms with Crippen LogP contribution >= 0.6 is 0 Å². The molecule has 0 aliphatic carbocycles. The van der Waals surface area contributed by atoms with Crippen molar-refractivity contribution in [3.63, 3.8) is 0 Å². The Morgan fingerprint density at radius 3 is 2.50 bits per heavy atom. The predicted octanol–water partition coefficient (Wildman–Crippen LogP) is 3.27. The van der Waals surface area contributed by atoms with Crippen LogP contribution in [0.2, 0.25) is 0 Å². The topological polar surface area (TPSA) is 0 Å². The standard InChI is InChI=1S/C10H13.CH3.V/c1-3-5-10-7-4-6-9(2)8-10;;/h4,6-8H,2-3,5H2,1H3;1H3;/q2*-1;+2. The maximum absolute atomic E-state index is 3.86. The smallest absolute Gasteiger partial charge is 0.358 e. The third kappa shape index (κ3) is 4.53. The van der Waals surface area contributed by atoms with Crippen LogP contribution in [0.15, 0.2) is 24.3 Å². The van der Waals surface area contributed by atoms with Crippen molar-refractivity contribution in [1.29, 1.82) is 0 Å². The summed E-state index contributed by atoms with van der Waals surface area (Å²) in [6.45, 7) is 6.05. The molecule has 0 atom stereocenters. The summed E-state index contributed by atoms with van der Waals surface area (Å²) in [5.74, 6) is 0. The second-order valence-electron chi connectivity index (χ2n) is 2.57. The van der Waals surface area contributed by atoms with Crippen LogP contribution in [0.1, 0.15) is 24.5 Å². The van der Waals surface area contributed by atoms with E-state index in [1.807, 2.05) is 6.07 Å². The van der Waals surface area contributed by atoms with E-state index in [9.17, 15) is 0 Å². The third-order valence-corrected chi connectivity index (χ3v) is 1.53. The number of aryl methyl sites for hydroxylation is 1. The molecule has 1 radical (unpaired) electrons. The van der Waals surface area contributed by atoms with Crippen molar-refractivity contribution in [3.05, 3.63) is 49.7 Å². The molecule has 0 bridgehead atoms. The molecule has 0 fully saturated rings. The van der Waals surface area contributed by atoms with E-state index >= 15 is 0 Å². The van der Waals surface area contributed by atoms with E-state index in [1.165, 1.54) is 18.4 Å². The van der Waals surface area contributed by atoms with Gasteiger partial charge in [0, 0.05) is 0 Å². The van der Waals surface area contributed by atoms with Crippen LogP contribution in [-0.4, -0.2) is 0 Å². The summed E-state index contributed by atoms with van der Waals surface area (Å²) < 4.78 is 0.